The Kier molecular flexibility index (Phi) is 44.4. The summed E-state index contributed by atoms with van der Waals surface area (Å²) in [6.07, 6.45) is 51.9. The van der Waals surface area contributed by atoms with Crippen LogP contribution in [0.2, 0.25) is 0 Å². The highest BCUT2D eigenvalue weighted by molar-refractivity contribution is 7.47. The van der Waals surface area contributed by atoms with E-state index < -0.39 is 32.5 Å². The van der Waals surface area contributed by atoms with E-state index in [0.29, 0.717) is 6.42 Å². The second-order valence-electron chi connectivity index (χ2n) is 16.3. The number of phosphoric ester groups is 1. The van der Waals surface area contributed by atoms with Gasteiger partial charge in [0.15, 0.2) is 6.10 Å². The molecule has 0 aromatic rings. The first-order chi connectivity index (χ1) is 28.8. The van der Waals surface area contributed by atoms with Crippen LogP contribution in [0.25, 0.3) is 0 Å². The fourth-order valence-corrected chi connectivity index (χ4v) is 7.58. The van der Waals surface area contributed by atoms with E-state index in [9.17, 15) is 19.0 Å². The van der Waals surface area contributed by atoms with Crippen molar-refractivity contribution in [1.29, 1.82) is 0 Å². The maximum Gasteiger partial charge on any atom is 0.472 e. The van der Waals surface area contributed by atoms with Crippen molar-refractivity contribution in [3.8, 4) is 0 Å². The highest BCUT2D eigenvalue weighted by atomic mass is 31.2. The number of rotatable bonds is 46. The lowest BCUT2D eigenvalue weighted by Gasteiger charge is -2.19. The average Bonchev–Trinajstić information content (AvgIpc) is 3.22. The van der Waals surface area contributed by atoms with Gasteiger partial charge < -0.3 is 20.1 Å². The SMILES string of the molecule is CCCC/C=C/CCCCCCCCCCCC(=O)OC[C@H](COP(=O)(O)OCCN)OC(=O)CCC/C=C/CC/C=C/CCCCCCCCCCCCCCCC. The molecule has 0 radical (unpaired) electrons. The Morgan fingerprint density at radius 1 is 0.492 bits per heavy atom. The van der Waals surface area contributed by atoms with Crippen LogP contribution in [0.4, 0.5) is 0 Å². The Balaban J connectivity index is 4.10. The Labute approximate surface area is 363 Å². The number of allylic oxidation sites excluding steroid dienone is 6. The van der Waals surface area contributed by atoms with Crippen molar-refractivity contribution in [1.82, 2.24) is 0 Å². The van der Waals surface area contributed by atoms with Gasteiger partial charge in [-0.25, -0.2) is 4.57 Å². The number of nitrogens with two attached hydrogens (primary N) is 1. The summed E-state index contributed by atoms with van der Waals surface area (Å²) in [7, 11) is -4.39. The standard InChI is InChI=1S/C49H92NO8P/c1-3-5-7-9-11-13-15-17-19-20-21-22-23-24-25-26-28-30-32-34-36-38-40-42-49(52)58-47(46-57-59(53,54)56-44-43-50)45-55-48(51)41-39-37-35-33-31-29-27-18-16-14-12-10-8-6-4-2/h10,12,26,28,34,36,47H,3-9,11,13-25,27,29-33,35,37-46,50H2,1-2H3,(H,53,54)/b12-10+,28-26+,36-34+/t47-/m1/s1. The number of hydrogen-bond acceptors (Lipinski definition) is 8. The number of unbranched alkanes of at least 4 members (excludes halogenated alkanes) is 27. The molecule has 0 spiro atoms. The first kappa shape index (κ1) is 57.2. The number of carbonyl (C=O) groups excluding carboxylic acids is 2. The van der Waals surface area contributed by atoms with Crippen molar-refractivity contribution in [3.63, 3.8) is 0 Å². The minimum Gasteiger partial charge on any atom is -0.462 e. The second-order valence-corrected chi connectivity index (χ2v) is 17.8. The third-order valence-corrected chi connectivity index (χ3v) is 11.5. The molecule has 0 rings (SSSR count). The van der Waals surface area contributed by atoms with E-state index in [2.05, 4.69) is 50.3 Å². The molecule has 0 aliphatic heterocycles. The Morgan fingerprint density at radius 2 is 0.881 bits per heavy atom. The van der Waals surface area contributed by atoms with E-state index in [1.54, 1.807) is 0 Å². The summed E-state index contributed by atoms with van der Waals surface area (Å²) >= 11 is 0. The van der Waals surface area contributed by atoms with Crippen molar-refractivity contribution in [2.24, 2.45) is 5.73 Å². The highest BCUT2D eigenvalue weighted by Crippen LogP contribution is 2.43. The first-order valence-corrected chi connectivity index (χ1v) is 26.0. The summed E-state index contributed by atoms with van der Waals surface area (Å²) in [6, 6.07) is 0. The lowest BCUT2D eigenvalue weighted by molar-refractivity contribution is -0.161. The Bertz CT molecular complexity index is 1060. The van der Waals surface area contributed by atoms with E-state index in [0.717, 1.165) is 44.9 Å². The van der Waals surface area contributed by atoms with Crippen LogP contribution in [0.3, 0.4) is 0 Å². The van der Waals surface area contributed by atoms with Crippen molar-refractivity contribution in [2.75, 3.05) is 26.4 Å². The van der Waals surface area contributed by atoms with Crippen LogP contribution in [0, 0.1) is 0 Å². The van der Waals surface area contributed by atoms with Crippen molar-refractivity contribution in [3.05, 3.63) is 36.5 Å². The maximum absolute atomic E-state index is 12.6. The van der Waals surface area contributed by atoms with E-state index in [1.807, 2.05) is 0 Å². The van der Waals surface area contributed by atoms with E-state index in [4.69, 9.17) is 24.3 Å². The van der Waals surface area contributed by atoms with Crippen LogP contribution in [-0.2, 0) is 32.7 Å². The van der Waals surface area contributed by atoms with Crippen molar-refractivity contribution in [2.45, 2.75) is 238 Å². The lowest BCUT2D eigenvalue weighted by Crippen LogP contribution is -2.29. The van der Waals surface area contributed by atoms with Crippen LogP contribution in [0.1, 0.15) is 232 Å². The van der Waals surface area contributed by atoms with Crippen molar-refractivity contribution < 1.29 is 37.6 Å². The quantitative estimate of drug-likeness (QED) is 0.0265. The topological polar surface area (TPSA) is 134 Å². The molecule has 0 heterocycles. The fraction of sp³-hybridized carbons (Fsp3) is 0.837. The summed E-state index contributed by atoms with van der Waals surface area (Å²) in [4.78, 5) is 34.9. The first-order valence-electron chi connectivity index (χ1n) is 24.5. The zero-order valence-corrected chi connectivity index (χ0v) is 39.1. The van der Waals surface area contributed by atoms with Gasteiger partial charge in [0.25, 0.3) is 0 Å². The molecule has 0 aliphatic carbocycles. The third-order valence-electron chi connectivity index (χ3n) is 10.5. The monoisotopic (exact) mass is 854 g/mol. The molecule has 3 N–H and O–H groups in total. The van der Waals surface area contributed by atoms with E-state index >= 15 is 0 Å². The molecule has 0 aliphatic rings. The number of carbonyl (C=O) groups is 2. The van der Waals surface area contributed by atoms with Gasteiger partial charge in [0.05, 0.1) is 13.2 Å². The lowest BCUT2D eigenvalue weighted by atomic mass is 10.0. The van der Waals surface area contributed by atoms with Gasteiger partial charge in [-0.1, -0.05) is 192 Å². The summed E-state index contributed by atoms with van der Waals surface area (Å²) in [5, 5.41) is 0. The number of esters is 2. The predicted octanol–water partition coefficient (Wildman–Crippen LogP) is 14.5. The van der Waals surface area contributed by atoms with Gasteiger partial charge in [0, 0.05) is 19.4 Å². The van der Waals surface area contributed by atoms with Crippen molar-refractivity contribution >= 4 is 19.8 Å². The molecule has 0 bridgehead atoms. The second kappa shape index (κ2) is 45.7. The smallest absolute Gasteiger partial charge is 0.462 e. The summed E-state index contributed by atoms with van der Waals surface area (Å²) in [5.74, 6) is -0.875. The number of ether oxygens (including phenoxy) is 2. The minimum atomic E-state index is -4.39. The number of phosphoric acid groups is 1. The average molecular weight is 854 g/mol. The predicted molar refractivity (Wildman–Crippen MR) is 247 cm³/mol. The zero-order valence-electron chi connectivity index (χ0n) is 38.2. The van der Waals surface area contributed by atoms with Gasteiger partial charge in [-0.15, -0.1) is 0 Å². The molecule has 59 heavy (non-hydrogen) atoms. The van der Waals surface area contributed by atoms with Gasteiger partial charge in [-0.2, -0.15) is 0 Å². The number of hydrogen-bond donors (Lipinski definition) is 2. The largest absolute Gasteiger partial charge is 0.472 e. The minimum absolute atomic E-state index is 0.0476. The van der Waals surface area contributed by atoms with Crippen LogP contribution < -0.4 is 5.73 Å². The van der Waals surface area contributed by atoms with Crippen LogP contribution in [0.5, 0.6) is 0 Å². The maximum atomic E-state index is 12.6. The zero-order chi connectivity index (χ0) is 43.2. The molecule has 10 heteroatoms. The summed E-state index contributed by atoms with van der Waals surface area (Å²) < 4.78 is 32.8. The highest BCUT2D eigenvalue weighted by Gasteiger charge is 2.26. The molecule has 346 valence electrons. The normalized spacial score (nSPS) is 13.5. The third kappa shape index (κ3) is 45.6. The molecule has 0 aromatic heterocycles. The fourth-order valence-electron chi connectivity index (χ4n) is 6.81. The molecular weight excluding hydrogens is 762 g/mol. The van der Waals surface area contributed by atoms with Crippen LogP contribution in [0.15, 0.2) is 36.5 Å². The summed E-state index contributed by atoms with van der Waals surface area (Å²) in [5.41, 5.74) is 5.36. The molecule has 0 fully saturated rings. The van der Waals surface area contributed by atoms with Crippen LogP contribution >= 0.6 is 7.82 Å². The Morgan fingerprint density at radius 3 is 1.36 bits per heavy atom. The molecule has 0 aromatic carbocycles. The molecule has 0 amide bonds. The van der Waals surface area contributed by atoms with Gasteiger partial charge in [-0.05, 0) is 64.2 Å². The van der Waals surface area contributed by atoms with Gasteiger partial charge in [0.1, 0.15) is 6.61 Å². The van der Waals surface area contributed by atoms with Crippen LogP contribution in [-0.4, -0.2) is 49.3 Å². The molecule has 9 nitrogen and oxygen atoms in total. The van der Waals surface area contributed by atoms with Gasteiger partial charge in [0.2, 0.25) is 0 Å². The molecule has 2 atom stereocenters. The Hall–Kier alpha value is -1.77. The van der Waals surface area contributed by atoms with E-state index in [1.165, 1.54) is 154 Å². The molecule has 1 unspecified atom stereocenters. The molecule has 0 saturated heterocycles. The van der Waals surface area contributed by atoms with E-state index in [-0.39, 0.29) is 32.6 Å². The molecular formula is C49H92NO8P. The summed E-state index contributed by atoms with van der Waals surface area (Å²) in [6.45, 7) is 3.69. The molecule has 0 saturated carbocycles. The van der Waals surface area contributed by atoms with Gasteiger partial charge >= 0.3 is 19.8 Å². The van der Waals surface area contributed by atoms with Gasteiger partial charge in [-0.3, -0.25) is 18.6 Å².